The number of likely N-dealkylation sites (tertiary alicyclic amines) is 1. The van der Waals surface area contributed by atoms with Crippen LogP contribution >= 0.6 is 0 Å². The summed E-state index contributed by atoms with van der Waals surface area (Å²) < 4.78 is 36.8. The summed E-state index contributed by atoms with van der Waals surface area (Å²) >= 11 is 0. The third-order valence-electron chi connectivity index (χ3n) is 2.75. The second kappa shape index (κ2) is 4.86. The van der Waals surface area contributed by atoms with Crippen LogP contribution in [-0.2, 0) is 4.79 Å². The predicted molar refractivity (Wildman–Crippen MR) is 50.3 cm³/mol. The molecule has 1 unspecified atom stereocenters. The lowest BCUT2D eigenvalue weighted by Crippen LogP contribution is -2.49. The summed E-state index contributed by atoms with van der Waals surface area (Å²) in [5, 5.41) is 0. The molecule has 0 aromatic heterocycles. The minimum Gasteiger partial charge on any atom is -0.332 e. The number of carbonyl (C=O) groups is 1. The highest BCUT2D eigenvalue weighted by atomic mass is 19.4. The Kier molecular flexibility index (Phi) is 3.99. The van der Waals surface area contributed by atoms with E-state index in [0.29, 0.717) is 19.3 Å². The fraction of sp³-hybridized carbons (Fsp3) is 0.900. The summed E-state index contributed by atoms with van der Waals surface area (Å²) in [6.45, 7) is 2.17. The molecule has 15 heavy (non-hydrogen) atoms. The first kappa shape index (κ1) is 12.3. The second-order valence-electron chi connectivity index (χ2n) is 3.93. The summed E-state index contributed by atoms with van der Waals surface area (Å²) in [6.07, 6.45) is -0.929. The number of halogens is 3. The SMILES string of the molecule is CCCC1CCCCN1C(=O)C(F)(F)F. The highest BCUT2D eigenvalue weighted by molar-refractivity contribution is 5.82. The molecular weight excluding hydrogens is 207 g/mol. The quantitative estimate of drug-likeness (QED) is 0.704. The molecule has 0 N–H and O–H groups in total. The molecule has 0 aliphatic carbocycles. The first-order valence-corrected chi connectivity index (χ1v) is 5.34. The smallest absolute Gasteiger partial charge is 0.332 e. The van der Waals surface area contributed by atoms with Crippen LogP contribution in [-0.4, -0.2) is 29.6 Å². The molecular formula is C10H16F3NO. The van der Waals surface area contributed by atoms with Gasteiger partial charge < -0.3 is 4.90 Å². The van der Waals surface area contributed by atoms with Crippen molar-refractivity contribution in [3.63, 3.8) is 0 Å². The van der Waals surface area contributed by atoms with E-state index in [2.05, 4.69) is 0 Å². The molecule has 1 atom stereocenters. The summed E-state index contributed by atoms with van der Waals surface area (Å²) in [4.78, 5) is 12.1. The minimum atomic E-state index is -4.72. The molecule has 1 fully saturated rings. The van der Waals surface area contributed by atoms with Crippen LogP contribution < -0.4 is 0 Å². The Hall–Kier alpha value is -0.740. The fourth-order valence-corrected chi connectivity index (χ4v) is 2.06. The van der Waals surface area contributed by atoms with Crippen LogP contribution in [0.15, 0.2) is 0 Å². The van der Waals surface area contributed by atoms with Crippen LogP contribution in [0.2, 0.25) is 0 Å². The van der Waals surface area contributed by atoms with Gasteiger partial charge in [-0.1, -0.05) is 13.3 Å². The number of alkyl halides is 3. The molecule has 1 heterocycles. The summed E-state index contributed by atoms with van der Waals surface area (Å²) in [5.74, 6) is -1.67. The number of carbonyl (C=O) groups excluding carboxylic acids is 1. The molecule has 0 bridgehead atoms. The van der Waals surface area contributed by atoms with Crippen molar-refractivity contribution >= 4 is 5.91 Å². The lowest BCUT2D eigenvalue weighted by Gasteiger charge is -2.36. The highest BCUT2D eigenvalue weighted by Gasteiger charge is 2.44. The zero-order chi connectivity index (χ0) is 11.5. The summed E-state index contributed by atoms with van der Waals surface area (Å²) in [5.41, 5.74) is 0. The third kappa shape index (κ3) is 3.11. The number of piperidine rings is 1. The molecule has 1 rings (SSSR count). The molecule has 1 amide bonds. The van der Waals surface area contributed by atoms with Gasteiger partial charge in [0.1, 0.15) is 0 Å². The van der Waals surface area contributed by atoms with E-state index in [-0.39, 0.29) is 12.6 Å². The van der Waals surface area contributed by atoms with E-state index in [1.807, 2.05) is 6.92 Å². The Morgan fingerprint density at radius 2 is 2.07 bits per heavy atom. The first-order chi connectivity index (χ1) is 6.96. The van der Waals surface area contributed by atoms with Crippen LogP contribution in [0, 0.1) is 0 Å². The standard InChI is InChI=1S/C10H16F3NO/c1-2-5-8-6-3-4-7-14(8)9(15)10(11,12)13/h8H,2-7H2,1H3. The fourth-order valence-electron chi connectivity index (χ4n) is 2.06. The van der Waals surface area contributed by atoms with Crippen molar-refractivity contribution in [1.29, 1.82) is 0 Å². The summed E-state index contributed by atoms with van der Waals surface area (Å²) in [7, 11) is 0. The maximum atomic E-state index is 12.3. The third-order valence-corrected chi connectivity index (χ3v) is 2.75. The van der Waals surface area contributed by atoms with E-state index in [4.69, 9.17) is 0 Å². The van der Waals surface area contributed by atoms with Gasteiger partial charge >= 0.3 is 12.1 Å². The summed E-state index contributed by atoms with van der Waals surface area (Å²) in [6, 6.07) is -0.210. The van der Waals surface area contributed by atoms with Crippen molar-refractivity contribution in [1.82, 2.24) is 4.90 Å². The topological polar surface area (TPSA) is 20.3 Å². The van der Waals surface area contributed by atoms with Gasteiger partial charge in [-0.05, 0) is 25.7 Å². The largest absolute Gasteiger partial charge is 0.471 e. The van der Waals surface area contributed by atoms with E-state index in [0.717, 1.165) is 17.7 Å². The van der Waals surface area contributed by atoms with Gasteiger partial charge in [-0.15, -0.1) is 0 Å². The number of nitrogens with zero attached hydrogens (tertiary/aromatic N) is 1. The van der Waals surface area contributed by atoms with Gasteiger partial charge in [-0.3, -0.25) is 4.79 Å². The van der Waals surface area contributed by atoms with Crippen molar-refractivity contribution in [3.8, 4) is 0 Å². The monoisotopic (exact) mass is 223 g/mol. The Labute approximate surface area is 87.4 Å². The van der Waals surface area contributed by atoms with Crippen LogP contribution in [0.3, 0.4) is 0 Å². The Bertz CT molecular complexity index is 225. The maximum Gasteiger partial charge on any atom is 0.471 e. The van der Waals surface area contributed by atoms with Crippen molar-refractivity contribution < 1.29 is 18.0 Å². The van der Waals surface area contributed by atoms with Gasteiger partial charge in [-0.25, -0.2) is 0 Å². The van der Waals surface area contributed by atoms with E-state index < -0.39 is 12.1 Å². The normalized spacial score (nSPS) is 22.9. The van der Waals surface area contributed by atoms with Crippen LogP contribution in [0.4, 0.5) is 13.2 Å². The average Bonchev–Trinajstić information content (AvgIpc) is 2.17. The van der Waals surface area contributed by atoms with Gasteiger partial charge in [0.15, 0.2) is 0 Å². The highest BCUT2D eigenvalue weighted by Crippen LogP contribution is 2.26. The molecule has 0 radical (unpaired) electrons. The molecule has 0 spiro atoms. The number of hydrogen-bond acceptors (Lipinski definition) is 1. The molecule has 1 saturated heterocycles. The molecule has 1 aliphatic heterocycles. The van der Waals surface area contributed by atoms with Crippen molar-refractivity contribution in [3.05, 3.63) is 0 Å². The Morgan fingerprint density at radius 3 is 2.60 bits per heavy atom. The van der Waals surface area contributed by atoms with Crippen LogP contribution in [0.25, 0.3) is 0 Å². The van der Waals surface area contributed by atoms with E-state index in [1.54, 1.807) is 0 Å². The minimum absolute atomic E-state index is 0.210. The average molecular weight is 223 g/mol. The molecule has 5 heteroatoms. The van der Waals surface area contributed by atoms with Gasteiger partial charge in [-0.2, -0.15) is 13.2 Å². The molecule has 2 nitrogen and oxygen atoms in total. The zero-order valence-electron chi connectivity index (χ0n) is 8.81. The van der Waals surface area contributed by atoms with Crippen molar-refractivity contribution in [2.45, 2.75) is 51.2 Å². The van der Waals surface area contributed by atoms with Gasteiger partial charge in [0.2, 0.25) is 0 Å². The Balaban J connectivity index is 2.67. The Morgan fingerprint density at radius 1 is 1.40 bits per heavy atom. The van der Waals surface area contributed by atoms with E-state index in [1.165, 1.54) is 0 Å². The lowest BCUT2D eigenvalue weighted by molar-refractivity contribution is -0.189. The van der Waals surface area contributed by atoms with Gasteiger partial charge in [0, 0.05) is 12.6 Å². The zero-order valence-corrected chi connectivity index (χ0v) is 8.81. The second-order valence-corrected chi connectivity index (χ2v) is 3.93. The predicted octanol–water partition coefficient (Wildman–Crippen LogP) is 2.73. The first-order valence-electron chi connectivity index (χ1n) is 5.34. The molecule has 0 saturated carbocycles. The lowest BCUT2D eigenvalue weighted by atomic mass is 9.98. The molecule has 1 aliphatic rings. The van der Waals surface area contributed by atoms with E-state index in [9.17, 15) is 18.0 Å². The van der Waals surface area contributed by atoms with Gasteiger partial charge in [0.25, 0.3) is 0 Å². The molecule has 0 aromatic rings. The van der Waals surface area contributed by atoms with Crippen LogP contribution in [0.5, 0.6) is 0 Å². The van der Waals surface area contributed by atoms with Gasteiger partial charge in [0.05, 0.1) is 0 Å². The van der Waals surface area contributed by atoms with Crippen molar-refractivity contribution in [2.24, 2.45) is 0 Å². The number of amides is 1. The van der Waals surface area contributed by atoms with Crippen LogP contribution in [0.1, 0.15) is 39.0 Å². The number of rotatable bonds is 2. The molecule has 0 aromatic carbocycles. The van der Waals surface area contributed by atoms with E-state index >= 15 is 0 Å². The number of hydrogen-bond donors (Lipinski definition) is 0. The van der Waals surface area contributed by atoms with Crippen molar-refractivity contribution in [2.75, 3.05) is 6.54 Å². The maximum absolute atomic E-state index is 12.3. The molecule has 88 valence electrons.